The molecule has 2 aromatic heterocycles. The van der Waals surface area contributed by atoms with Crippen LogP contribution in [0.25, 0.3) is 21.9 Å². The van der Waals surface area contributed by atoms with E-state index in [-0.39, 0.29) is 11.6 Å². The molecule has 2 aromatic carbocycles. The van der Waals surface area contributed by atoms with E-state index >= 15 is 0 Å². The second-order valence-corrected chi connectivity index (χ2v) is 6.12. The number of fused-ring (bicyclic) bond motifs is 2. The number of hydrogen-bond donors (Lipinski definition) is 1. The Morgan fingerprint density at radius 1 is 1.11 bits per heavy atom. The van der Waals surface area contributed by atoms with E-state index in [1.165, 1.54) is 31.6 Å². The minimum Gasteiger partial charge on any atom is -0.494 e. The van der Waals surface area contributed by atoms with Crippen LogP contribution < -0.4 is 10.1 Å². The first kappa shape index (κ1) is 17.1. The molecule has 6 nitrogen and oxygen atoms in total. The molecule has 0 radical (unpaired) electrons. The maximum absolute atomic E-state index is 13.9. The third-order valence-electron chi connectivity index (χ3n) is 4.49. The third kappa shape index (κ3) is 3.14. The van der Waals surface area contributed by atoms with Gasteiger partial charge in [0.15, 0.2) is 11.6 Å². The monoisotopic (exact) mass is 369 g/mol. The molecular formula is C19H17F2N5O. The average Bonchev–Trinajstić information content (AvgIpc) is 2.97. The lowest BCUT2D eigenvalue weighted by Gasteiger charge is -2.10. The second-order valence-electron chi connectivity index (χ2n) is 6.12. The highest BCUT2D eigenvalue weighted by atomic mass is 19.1. The van der Waals surface area contributed by atoms with Crippen molar-refractivity contribution in [1.29, 1.82) is 0 Å². The fourth-order valence-corrected chi connectivity index (χ4v) is 3.08. The van der Waals surface area contributed by atoms with Crippen molar-refractivity contribution in [3.8, 4) is 5.75 Å². The molecule has 0 bridgehead atoms. The number of ether oxygens (including phenoxy) is 1. The molecule has 0 fully saturated rings. The highest BCUT2D eigenvalue weighted by molar-refractivity contribution is 5.90. The van der Waals surface area contributed by atoms with Crippen molar-refractivity contribution in [2.24, 2.45) is 7.05 Å². The van der Waals surface area contributed by atoms with E-state index in [0.717, 1.165) is 16.9 Å². The van der Waals surface area contributed by atoms with Crippen LogP contribution in [0.3, 0.4) is 0 Å². The van der Waals surface area contributed by atoms with Crippen LogP contribution in [-0.2, 0) is 13.5 Å². The van der Waals surface area contributed by atoms with E-state index in [0.29, 0.717) is 29.7 Å². The molecule has 8 heteroatoms. The number of anilines is 1. The highest BCUT2D eigenvalue weighted by Crippen LogP contribution is 2.27. The lowest BCUT2D eigenvalue weighted by Crippen LogP contribution is -2.10. The van der Waals surface area contributed by atoms with Gasteiger partial charge in [-0.3, -0.25) is 0 Å². The minimum absolute atomic E-state index is 0.137. The van der Waals surface area contributed by atoms with Crippen molar-refractivity contribution < 1.29 is 13.5 Å². The summed E-state index contributed by atoms with van der Waals surface area (Å²) in [4.78, 5) is 12.9. The van der Waals surface area contributed by atoms with Crippen LogP contribution in [0.5, 0.6) is 5.75 Å². The number of aromatic nitrogens is 4. The van der Waals surface area contributed by atoms with Gasteiger partial charge in [-0.25, -0.2) is 23.7 Å². The average molecular weight is 369 g/mol. The summed E-state index contributed by atoms with van der Waals surface area (Å²) in [5.74, 6) is 0.788. The quantitative estimate of drug-likeness (QED) is 0.584. The number of methoxy groups -OCH3 is 1. The molecule has 0 saturated carbocycles. The van der Waals surface area contributed by atoms with Gasteiger partial charge in [0.1, 0.15) is 23.8 Å². The zero-order chi connectivity index (χ0) is 19.0. The van der Waals surface area contributed by atoms with Crippen LogP contribution in [-0.4, -0.2) is 33.2 Å². The van der Waals surface area contributed by atoms with E-state index in [9.17, 15) is 8.78 Å². The van der Waals surface area contributed by atoms with E-state index in [2.05, 4.69) is 20.3 Å². The molecule has 0 aliphatic heterocycles. The molecule has 0 spiro atoms. The summed E-state index contributed by atoms with van der Waals surface area (Å²) in [6.07, 6.45) is 1.99. The molecule has 4 aromatic rings. The van der Waals surface area contributed by atoms with Gasteiger partial charge >= 0.3 is 0 Å². The normalized spacial score (nSPS) is 11.3. The third-order valence-corrected chi connectivity index (χ3v) is 4.49. The van der Waals surface area contributed by atoms with E-state index < -0.39 is 5.82 Å². The summed E-state index contributed by atoms with van der Waals surface area (Å²) in [5, 5.41) is 3.90. The maximum Gasteiger partial charge on any atom is 0.167 e. The van der Waals surface area contributed by atoms with Gasteiger partial charge in [-0.2, -0.15) is 0 Å². The van der Waals surface area contributed by atoms with Gasteiger partial charge in [-0.05, 0) is 24.3 Å². The number of nitrogens with zero attached hydrogens (tertiary/aromatic N) is 4. The first-order valence-electron chi connectivity index (χ1n) is 8.40. The molecule has 0 amide bonds. The topological polar surface area (TPSA) is 64.9 Å². The summed E-state index contributed by atoms with van der Waals surface area (Å²) < 4.78 is 34.2. The molecule has 0 aliphatic carbocycles. The van der Waals surface area contributed by atoms with Gasteiger partial charge < -0.3 is 14.6 Å². The van der Waals surface area contributed by atoms with Gasteiger partial charge in [0.25, 0.3) is 0 Å². The molecular weight excluding hydrogens is 352 g/mol. The molecule has 0 aliphatic rings. The van der Waals surface area contributed by atoms with Crippen molar-refractivity contribution in [3.05, 3.63) is 54.1 Å². The predicted molar refractivity (Wildman–Crippen MR) is 98.9 cm³/mol. The Balaban J connectivity index is 1.57. The van der Waals surface area contributed by atoms with E-state index in [4.69, 9.17) is 4.74 Å². The minimum atomic E-state index is -0.471. The Labute approximate surface area is 153 Å². The maximum atomic E-state index is 13.9. The first-order valence-corrected chi connectivity index (χ1v) is 8.40. The molecule has 0 saturated heterocycles. The van der Waals surface area contributed by atoms with Crippen LogP contribution in [0.2, 0.25) is 0 Å². The van der Waals surface area contributed by atoms with Gasteiger partial charge in [0, 0.05) is 31.5 Å². The number of aryl methyl sites for hydroxylation is 1. The molecule has 0 unspecified atom stereocenters. The highest BCUT2D eigenvalue weighted by Gasteiger charge is 2.11. The van der Waals surface area contributed by atoms with Gasteiger partial charge in [-0.1, -0.05) is 0 Å². The smallest absolute Gasteiger partial charge is 0.167 e. The van der Waals surface area contributed by atoms with Gasteiger partial charge in [0.05, 0.1) is 23.7 Å². The summed E-state index contributed by atoms with van der Waals surface area (Å²) in [5.41, 5.74) is 1.99. The van der Waals surface area contributed by atoms with Crippen molar-refractivity contribution in [3.63, 3.8) is 0 Å². The largest absolute Gasteiger partial charge is 0.494 e. The van der Waals surface area contributed by atoms with Crippen LogP contribution in [0.4, 0.5) is 14.6 Å². The van der Waals surface area contributed by atoms with Crippen molar-refractivity contribution >= 4 is 27.8 Å². The molecule has 4 rings (SSSR count). The number of hydrogen-bond acceptors (Lipinski definition) is 5. The fourth-order valence-electron chi connectivity index (χ4n) is 3.08. The summed E-state index contributed by atoms with van der Waals surface area (Å²) in [6.45, 7) is 0.547. The second kappa shape index (κ2) is 6.79. The summed E-state index contributed by atoms with van der Waals surface area (Å²) in [6, 6.07) is 7.43. The van der Waals surface area contributed by atoms with Crippen molar-refractivity contribution in [2.75, 3.05) is 19.0 Å². The molecule has 2 heterocycles. The molecule has 27 heavy (non-hydrogen) atoms. The SMILES string of the molecule is COc1cc2c(NCCc3nc4ccc(F)cc4n3C)ncnc2cc1F. The number of imidazole rings is 1. The number of halogens is 2. The van der Waals surface area contributed by atoms with Gasteiger partial charge in [0.2, 0.25) is 0 Å². The molecule has 1 N–H and O–H groups in total. The standard InChI is InChI=1S/C19H17F2N5O/c1-26-16-7-11(20)3-4-14(16)25-18(26)5-6-22-19-12-8-17(27-2)13(21)9-15(12)23-10-24-19/h3-4,7-10H,5-6H2,1-2H3,(H,22,23,24). The number of rotatable bonds is 5. The Bertz CT molecular complexity index is 1140. The summed E-state index contributed by atoms with van der Waals surface area (Å²) in [7, 11) is 3.27. The Morgan fingerprint density at radius 2 is 1.96 bits per heavy atom. The fraction of sp³-hybridized carbons (Fsp3) is 0.211. The van der Waals surface area contributed by atoms with Gasteiger partial charge in [-0.15, -0.1) is 0 Å². The first-order chi connectivity index (χ1) is 13.1. The van der Waals surface area contributed by atoms with Crippen LogP contribution in [0, 0.1) is 11.6 Å². The number of nitrogens with one attached hydrogen (secondary N) is 1. The zero-order valence-corrected chi connectivity index (χ0v) is 14.8. The van der Waals surface area contributed by atoms with Crippen LogP contribution >= 0.6 is 0 Å². The number of benzene rings is 2. The lowest BCUT2D eigenvalue weighted by atomic mass is 10.2. The zero-order valence-electron chi connectivity index (χ0n) is 14.8. The van der Waals surface area contributed by atoms with Crippen molar-refractivity contribution in [2.45, 2.75) is 6.42 Å². The van der Waals surface area contributed by atoms with Crippen molar-refractivity contribution in [1.82, 2.24) is 19.5 Å². The Kier molecular flexibility index (Phi) is 4.31. The van der Waals surface area contributed by atoms with E-state index in [1.54, 1.807) is 12.1 Å². The van der Waals surface area contributed by atoms with E-state index in [1.807, 2.05) is 11.6 Å². The Morgan fingerprint density at radius 3 is 2.78 bits per heavy atom. The summed E-state index contributed by atoms with van der Waals surface area (Å²) >= 11 is 0. The molecule has 0 atom stereocenters. The lowest BCUT2D eigenvalue weighted by molar-refractivity contribution is 0.387. The predicted octanol–water partition coefficient (Wildman–Crippen LogP) is 3.46. The van der Waals surface area contributed by atoms with Crippen LogP contribution in [0.1, 0.15) is 5.82 Å². The van der Waals surface area contributed by atoms with Crippen LogP contribution in [0.15, 0.2) is 36.7 Å². The molecule has 138 valence electrons. The Hall–Kier alpha value is -3.29.